The summed E-state index contributed by atoms with van der Waals surface area (Å²) in [5.74, 6) is 0.450. The van der Waals surface area contributed by atoms with E-state index in [1.54, 1.807) is 0 Å². The lowest BCUT2D eigenvalue weighted by atomic mass is 10.5. The van der Waals surface area contributed by atoms with E-state index in [9.17, 15) is 0 Å². The van der Waals surface area contributed by atoms with Gasteiger partial charge in [0, 0.05) is 11.9 Å². The third kappa shape index (κ3) is 2.83. The van der Waals surface area contributed by atoms with Crippen molar-refractivity contribution in [3.05, 3.63) is 11.1 Å². The van der Waals surface area contributed by atoms with Crippen molar-refractivity contribution in [2.45, 2.75) is 13.5 Å². The number of hydrogen-bond acceptors (Lipinski definition) is 4. The smallest absolute Gasteiger partial charge is 0.188 e. The first-order valence-electron chi connectivity index (χ1n) is 3.62. The van der Waals surface area contributed by atoms with Gasteiger partial charge in [-0.1, -0.05) is 4.49 Å². The molecule has 0 aliphatic heterocycles. The maximum atomic E-state index is 5.49. The fraction of sp³-hybridized carbons (Fsp3) is 0.500. The summed E-state index contributed by atoms with van der Waals surface area (Å²) in [6, 6.07) is 0. The van der Waals surface area contributed by atoms with Crippen LogP contribution in [0.15, 0.2) is 10.4 Å². The largest absolute Gasteiger partial charge is 0.370 e. The summed E-state index contributed by atoms with van der Waals surface area (Å²) >= 11 is 1.31. The molecule has 6 heteroatoms. The quantitative estimate of drug-likeness (QED) is 0.512. The molecule has 1 aromatic heterocycles. The Morgan fingerprint density at radius 2 is 2.67 bits per heavy atom. The molecule has 0 radical (unpaired) electrons. The Bertz CT molecular complexity index is 242. The molecule has 0 fully saturated rings. The van der Waals surface area contributed by atoms with Crippen molar-refractivity contribution in [3.63, 3.8) is 0 Å². The highest BCUT2D eigenvalue weighted by atomic mass is 32.1. The average molecular weight is 185 g/mol. The number of guanidine groups is 1. The molecule has 66 valence electrons. The Morgan fingerprint density at radius 1 is 1.83 bits per heavy atom. The first kappa shape index (κ1) is 8.92. The molecule has 1 heterocycles. The summed E-state index contributed by atoms with van der Waals surface area (Å²) in [4.78, 5) is 4.04. The van der Waals surface area contributed by atoms with Crippen LogP contribution in [0, 0.1) is 0 Å². The first-order valence-corrected chi connectivity index (χ1v) is 4.46. The highest BCUT2D eigenvalue weighted by molar-refractivity contribution is 7.03. The third-order valence-electron chi connectivity index (χ3n) is 1.17. The minimum atomic E-state index is 0.450. The van der Waals surface area contributed by atoms with E-state index in [-0.39, 0.29) is 0 Å². The van der Waals surface area contributed by atoms with Crippen LogP contribution < -0.4 is 11.1 Å². The zero-order valence-corrected chi connectivity index (χ0v) is 7.64. The van der Waals surface area contributed by atoms with Crippen LogP contribution in [0.25, 0.3) is 0 Å². The molecule has 0 atom stereocenters. The van der Waals surface area contributed by atoms with Crippen LogP contribution in [0.4, 0.5) is 0 Å². The van der Waals surface area contributed by atoms with Crippen molar-refractivity contribution in [3.8, 4) is 0 Å². The summed E-state index contributed by atoms with van der Waals surface area (Å²) in [5.41, 5.74) is 6.34. The summed E-state index contributed by atoms with van der Waals surface area (Å²) in [6.07, 6.45) is 0. The van der Waals surface area contributed by atoms with Gasteiger partial charge in [0.05, 0.1) is 12.2 Å². The van der Waals surface area contributed by atoms with Crippen molar-refractivity contribution in [2.24, 2.45) is 10.7 Å². The fourth-order valence-electron chi connectivity index (χ4n) is 0.656. The highest BCUT2D eigenvalue weighted by Gasteiger charge is 1.93. The number of nitrogens with one attached hydrogen (secondary N) is 1. The molecule has 0 saturated carbocycles. The van der Waals surface area contributed by atoms with Gasteiger partial charge in [0.1, 0.15) is 0 Å². The Balaban J connectivity index is 2.38. The van der Waals surface area contributed by atoms with Crippen LogP contribution in [0.1, 0.15) is 12.6 Å². The first-order chi connectivity index (χ1) is 5.83. The Morgan fingerprint density at radius 3 is 3.25 bits per heavy atom. The van der Waals surface area contributed by atoms with E-state index < -0.39 is 0 Å². The van der Waals surface area contributed by atoms with E-state index in [1.165, 1.54) is 11.5 Å². The number of nitrogens with zero attached hydrogens (tertiary/aromatic N) is 3. The number of nitrogens with two attached hydrogens (primary N) is 1. The van der Waals surface area contributed by atoms with E-state index in [2.05, 4.69) is 19.9 Å². The lowest BCUT2D eigenvalue weighted by Crippen LogP contribution is -2.31. The monoisotopic (exact) mass is 185 g/mol. The number of aromatic nitrogens is 2. The average Bonchev–Trinajstić information content (AvgIpc) is 2.53. The fourth-order valence-corrected chi connectivity index (χ4v) is 1.10. The van der Waals surface area contributed by atoms with E-state index in [4.69, 9.17) is 5.73 Å². The van der Waals surface area contributed by atoms with Crippen molar-refractivity contribution in [2.75, 3.05) is 6.54 Å². The molecule has 1 rings (SSSR count). The lowest BCUT2D eigenvalue weighted by Gasteiger charge is -1.99. The van der Waals surface area contributed by atoms with Gasteiger partial charge in [0.25, 0.3) is 0 Å². The summed E-state index contributed by atoms with van der Waals surface area (Å²) in [7, 11) is 0. The molecule has 0 bridgehead atoms. The molecule has 0 saturated heterocycles. The predicted octanol–water partition coefficient (Wildman–Crippen LogP) is -0.0377. The normalized spacial score (nSPS) is 11.6. The number of aliphatic imine (C=N–C) groups is 1. The van der Waals surface area contributed by atoms with E-state index in [1.807, 2.05) is 12.3 Å². The maximum Gasteiger partial charge on any atom is 0.188 e. The molecular formula is C6H11N5S. The number of hydrogen-bond donors (Lipinski definition) is 2. The second kappa shape index (κ2) is 4.66. The van der Waals surface area contributed by atoms with Crippen LogP contribution in [0.3, 0.4) is 0 Å². The zero-order chi connectivity index (χ0) is 8.81. The zero-order valence-electron chi connectivity index (χ0n) is 6.82. The molecule has 5 nitrogen and oxygen atoms in total. The van der Waals surface area contributed by atoms with Crippen LogP contribution in [-0.4, -0.2) is 22.1 Å². The van der Waals surface area contributed by atoms with E-state index in [0.29, 0.717) is 12.5 Å². The standard InChI is InChI=1S/C6H11N5S/c1-2-8-6(7)9-3-5-4-12-11-10-5/h4H,2-3H2,1H3,(H3,7,8,9). The molecule has 0 spiro atoms. The Labute approximate surface area is 74.9 Å². The third-order valence-corrected chi connectivity index (χ3v) is 1.73. The van der Waals surface area contributed by atoms with Gasteiger partial charge in [-0.05, 0) is 18.5 Å². The maximum absolute atomic E-state index is 5.49. The van der Waals surface area contributed by atoms with Crippen molar-refractivity contribution in [1.29, 1.82) is 0 Å². The van der Waals surface area contributed by atoms with Crippen molar-refractivity contribution < 1.29 is 0 Å². The molecule has 0 aliphatic rings. The summed E-state index contributed by atoms with van der Waals surface area (Å²) in [6.45, 7) is 3.24. The molecule has 3 N–H and O–H groups in total. The van der Waals surface area contributed by atoms with E-state index >= 15 is 0 Å². The summed E-state index contributed by atoms with van der Waals surface area (Å²) in [5, 5.41) is 8.57. The van der Waals surface area contributed by atoms with Gasteiger partial charge in [0.15, 0.2) is 5.96 Å². The Kier molecular flexibility index (Phi) is 3.46. The Hall–Kier alpha value is -1.17. The van der Waals surface area contributed by atoms with Gasteiger partial charge < -0.3 is 11.1 Å². The molecule has 0 unspecified atom stereocenters. The SMILES string of the molecule is CCNC(N)=NCc1csnn1. The minimum absolute atomic E-state index is 0.450. The van der Waals surface area contributed by atoms with Crippen LogP contribution in [0.5, 0.6) is 0 Å². The molecule has 0 aromatic carbocycles. The minimum Gasteiger partial charge on any atom is -0.370 e. The summed E-state index contributed by atoms with van der Waals surface area (Å²) < 4.78 is 3.71. The van der Waals surface area contributed by atoms with Gasteiger partial charge in [-0.3, -0.25) is 0 Å². The molecule has 0 aliphatic carbocycles. The van der Waals surface area contributed by atoms with Gasteiger partial charge in [-0.25, -0.2) is 4.99 Å². The van der Waals surface area contributed by atoms with E-state index in [0.717, 1.165) is 12.2 Å². The van der Waals surface area contributed by atoms with Gasteiger partial charge in [-0.15, -0.1) is 5.10 Å². The second-order valence-corrected chi connectivity index (χ2v) is 2.74. The topological polar surface area (TPSA) is 76.2 Å². The van der Waals surface area contributed by atoms with Crippen molar-refractivity contribution in [1.82, 2.24) is 14.9 Å². The number of rotatable bonds is 3. The van der Waals surface area contributed by atoms with Crippen LogP contribution in [-0.2, 0) is 6.54 Å². The van der Waals surface area contributed by atoms with Gasteiger partial charge in [-0.2, -0.15) is 0 Å². The molecule has 12 heavy (non-hydrogen) atoms. The molecule has 1 aromatic rings. The van der Waals surface area contributed by atoms with Gasteiger partial charge >= 0.3 is 0 Å². The molecule has 0 amide bonds. The highest BCUT2D eigenvalue weighted by Crippen LogP contribution is 1.97. The predicted molar refractivity (Wildman–Crippen MR) is 48.9 cm³/mol. The van der Waals surface area contributed by atoms with Gasteiger partial charge in [0.2, 0.25) is 0 Å². The second-order valence-electron chi connectivity index (χ2n) is 2.13. The van der Waals surface area contributed by atoms with Crippen LogP contribution in [0.2, 0.25) is 0 Å². The lowest BCUT2D eigenvalue weighted by molar-refractivity contribution is 0.903. The van der Waals surface area contributed by atoms with Crippen molar-refractivity contribution >= 4 is 17.5 Å². The molecular weight excluding hydrogens is 174 g/mol. The van der Waals surface area contributed by atoms with Crippen LogP contribution >= 0.6 is 11.5 Å².